The highest BCUT2D eigenvalue weighted by Crippen LogP contribution is 2.24. The molecule has 1 fully saturated rings. The average Bonchev–Trinajstić information content (AvgIpc) is 3.24. The fourth-order valence-corrected chi connectivity index (χ4v) is 5.11. The zero-order valence-corrected chi connectivity index (χ0v) is 18.5. The lowest BCUT2D eigenvalue weighted by atomic mass is 10.2. The molecule has 0 N–H and O–H groups in total. The van der Waals surface area contributed by atoms with Crippen molar-refractivity contribution in [3.05, 3.63) is 71.2 Å². The summed E-state index contributed by atoms with van der Waals surface area (Å²) in [5.74, 6) is -3.40. The van der Waals surface area contributed by atoms with Gasteiger partial charge in [0.05, 0.1) is 10.6 Å². The molecule has 0 bridgehead atoms. The first-order chi connectivity index (χ1) is 14.9. The van der Waals surface area contributed by atoms with Crippen LogP contribution in [-0.2, 0) is 22.9 Å². The van der Waals surface area contributed by atoms with E-state index in [4.69, 9.17) is 4.98 Å². The normalized spacial score (nSPS) is 16.1. The Balaban J connectivity index is 1.28. The van der Waals surface area contributed by atoms with Crippen LogP contribution in [0.3, 0.4) is 0 Å². The summed E-state index contributed by atoms with van der Waals surface area (Å²) in [6.45, 7) is 5.07. The van der Waals surface area contributed by atoms with Crippen molar-refractivity contribution >= 4 is 21.2 Å². The Kier molecular flexibility index (Phi) is 6.76. The van der Waals surface area contributed by atoms with Crippen LogP contribution in [0.25, 0.3) is 10.6 Å². The van der Waals surface area contributed by atoms with Crippen molar-refractivity contribution in [3.8, 4) is 10.6 Å². The Bertz CT molecular complexity index is 1100. The Morgan fingerprint density at radius 2 is 1.52 bits per heavy atom. The Hall–Kier alpha value is -2.20. The van der Waals surface area contributed by atoms with Crippen molar-refractivity contribution in [2.75, 3.05) is 26.2 Å². The smallest absolute Gasteiger partial charge is 0.297 e. The second-order valence-corrected chi connectivity index (χ2v) is 10.3. The summed E-state index contributed by atoms with van der Waals surface area (Å²) in [6.07, 6.45) is 0. The molecule has 3 aromatic rings. The van der Waals surface area contributed by atoms with Gasteiger partial charge in [0.2, 0.25) is 9.84 Å². The van der Waals surface area contributed by atoms with Gasteiger partial charge in [0.1, 0.15) is 5.01 Å². The molecule has 0 aliphatic carbocycles. The van der Waals surface area contributed by atoms with E-state index < -0.39 is 15.6 Å². The third-order valence-electron chi connectivity index (χ3n) is 5.32. The van der Waals surface area contributed by atoms with E-state index in [0.717, 1.165) is 54.6 Å². The van der Waals surface area contributed by atoms with Gasteiger partial charge in [-0.05, 0) is 17.7 Å². The number of benzene rings is 2. The molecule has 2 heterocycles. The maximum absolute atomic E-state index is 12.6. The van der Waals surface area contributed by atoms with E-state index >= 15 is 0 Å². The van der Waals surface area contributed by atoms with Gasteiger partial charge in [-0.1, -0.05) is 42.5 Å². The molecule has 0 unspecified atom stereocenters. The van der Waals surface area contributed by atoms with E-state index in [1.54, 1.807) is 23.5 Å². The number of halogens is 2. The predicted octanol–water partition coefficient (Wildman–Crippen LogP) is 4.12. The number of piperazine rings is 1. The Morgan fingerprint density at radius 3 is 2.13 bits per heavy atom. The second-order valence-electron chi connectivity index (χ2n) is 7.51. The molecule has 0 spiro atoms. The van der Waals surface area contributed by atoms with Crippen molar-refractivity contribution in [1.29, 1.82) is 0 Å². The van der Waals surface area contributed by atoms with Gasteiger partial charge in [0, 0.05) is 50.2 Å². The lowest BCUT2D eigenvalue weighted by Gasteiger charge is -2.34. The molecule has 1 aliphatic heterocycles. The third-order valence-corrected chi connectivity index (χ3v) is 7.65. The van der Waals surface area contributed by atoms with Crippen LogP contribution < -0.4 is 0 Å². The SMILES string of the molecule is O=S(=O)(c1ccc(CN2CCN(Cc3csc(-c4ccccc4)n3)CC2)cc1)C(F)F. The molecule has 0 saturated carbocycles. The first-order valence-electron chi connectivity index (χ1n) is 9.97. The summed E-state index contributed by atoms with van der Waals surface area (Å²) in [5.41, 5.74) is 3.12. The molecule has 5 nitrogen and oxygen atoms in total. The van der Waals surface area contributed by atoms with Crippen LogP contribution in [0, 0.1) is 0 Å². The minimum atomic E-state index is -4.54. The van der Waals surface area contributed by atoms with Crippen LogP contribution >= 0.6 is 11.3 Å². The van der Waals surface area contributed by atoms with Gasteiger partial charge in [0.25, 0.3) is 0 Å². The maximum Gasteiger partial charge on any atom is 0.341 e. The quantitative estimate of drug-likeness (QED) is 0.528. The van der Waals surface area contributed by atoms with E-state index in [0.29, 0.717) is 6.54 Å². The summed E-state index contributed by atoms with van der Waals surface area (Å²) in [5, 5.41) is 3.15. The van der Waals surface area contributed by atoms with Crippen LogP contribution in [0.15, 0.2) is 64.9 Å². The van der Waals surface area contributed by atoms with Gasteiger partial charge in [-0.2, -0.15) is 8.78 Å². The molecule has 4 rings (SSSR count). The number of rotatable bonds is 7. The number of hydrogen-bond donors (Lipinski definition) is 0. The molecule has 0 atom stereocenters. The van der Waals surface area contributed by atoms with E-state index in [2.05, 4.69) is 27.3 Å². The first-order valence-corrected chi connectivity index (χ1v) is 12.4. The lowest BCUT2D eigenvalue weighted by Crippen LogP contribution is -2.45. The van der Waals surface area contributed by atoms with E-state index in [1.807, 2.05) is 18.2 Å². The van der Waals surface area contributed by atoms with Gasteiger partial charge in [-0.3, -0.25) is 9.80 Å². The lowest BCUT2D eigenvalue weighted by molar-refractivity contribution is 0.121. The van der Waals surface area contributed by atoms with Gasteiger partial charge in [-0.15, -0.1) is 11.3 Å². The van der Waals surface area contributed by atoms with E-state index in [1.165, 1.54) is 12.1 Å². The van der Waals surface area contributed by atoms with Crippen LogP contribution in [0.5, 0.6) is 0 Å². The summed E-state index contributed by atoms with van der Waals surface area (Å²) >= 11 is 1.66. The van der Waals surface area contributed by atoms with Crippen LogP contribution in [0.4, 0.5) is 8.78 Å². The fourth-order valence-electron chi connectivity index (χ4n) is 3.57. The van der Waals surface area contributed by atoms with Crippen molar-refractivity contribution < 1.29 is 17.2 Å². The molecule has 2 aromatic carbocycles. The molecule has 1 saturated heterocycles. The summed E-state index contributed by atoms with van der Waals surface area (Å²) in [4.78, 5) is 9.08. The topological polar surface area (TPSA) is 53.5 Å². The Labute approximate surface area is 184 Å². The maximum atomic E-state index is 12.6. The van der Waals surface area contributed by atoms with Gasteiger partial charge in [0.15, 0.2) is 0 Å². The summed E-state index contributed by atoms with van der Waals surface area (Å²) in [7, 11) is -4.54. The fraction of sp³-hybridized carbons (Fsp3) is 0.318. The Morgan fingerprint density at radius 1 is 0.903 bits per heavy atom. The molecule has 164 valence electrons. The second kappa shape index (κ2) is 9.52. The number of alkyl halides is 2. The van der Waals surface area contributed by atoms with Crippen LogP contribution in [0.2, 0.25) is 0 Å². The number of nitrogens with zero attached hydrogens (tertiary/aromatic N) is 3. The van der Waals surface area contributed by atoms with Crippen molar-refractivity contribution in [3.63, 3.8) is 0 Å². The molecule has 0 amide bonds. The van der Waals surface area contributed by atoms with Crippen molar-refractivity contribution in [1.82, 2.24) is 14.8 Å². The molecular formula is C22H23F2N3O2S2. The van der Waals surface area contributed by atoms with Crippen LogP contribution in [0.1, 0.15) is 11.3 Å². The predicted molar refractivity (Wildman–Crippen MR) is 118 cm³/mol. The zero-order chi connectivity index (χ0) is 21.8. The van der Waals surface area contributed by atoms with Crippen molar-refractivity contribution in [2.24, 2.45) is 0 Å². The standard InChI is InChI=1S/C22H23F2N3O2S2/c23-22(24)31(28,29)20-8-6-17(7-9-20)14-26-10-12-27(13-11-26)15-19-16-30-21(25-19)18-4-2-1-3-5-18/h1-9,16,22H,10-15H2. The molecule has 1 aromatic heterocycles. The number of sulfone groups is 1. The third kappa shape index (κ3) is 5.35. The number of thiazole rings is 1. The molecule has 31 heavy (non-hydrogen) atoms. The van der Waals surface area contributed by atoms with Gasteiger partial charge >= 0.3 is 5.76 Å². The highest BCUT2D eigenvalue weighted by molar-refractivity contribution is 7.91. The number of hydrogen-bond acceptors (Lipinski definition) is 6. The average molecular weight is 464 g/mol. The molecule has 9 heteroatoms. The van der Waals surface area contributed by atoms with Gasteiger partial charge < -0.3 is 0 Å². The monoisotopic (exact) mass is 463 g/mol. The highest BCUT2D eigenvalue weighted by Gasteiger charge is 2.26. The van der Waals surface area contributed by atoms with Crippen molar-refractivity contribution in [2.45, 2.75) is 23.7 Å². The van der Waals surface area contributed by atoms with E-state index in [-0.39, 0.29) is 4.90 Å². The molecule has 1 aliphatic rings. The van der Waals surface area contributed by atoms with E-state index in [9.17, 15) is 17.2 Å². The molecular weight excluding hydrogens is 440 g/mol. The highest BCUT2D eigenvalue weighted by atomic mass is 32.2. The minimum absolute atomic E-state index is 0.339. The van der Waals surface area contributed by atoms with Gasteiger partial charge in [-0.25, -0.2) is 13.4 Å². The first kappa shape index (κ1) is 22.0. The van der Waals surface area contributed by atoms with Crippen LogP contribution in [-0.4, -0.2) is 55.1 Å². The largest absolute Gasteiger partial charge is 0.341 e. The molecule has 0 radical (unpaired) electrons. The number of aromatic nitrogens is 1. The summed E-state index contributed by atoms with van der Waals surface area (Å²) < 4.78 is 48.4. The minimum Gasteiger partial charge on any atom is -0.297 e. The zero-order valence-electron chi connectivity index (χ0n) is 16.8. The summed E-state index contributed by atoms with van der Waals surface area (Å²) in [6, 6.07) is 15.9.